The van der Waals surface area contributed by atoms with Gasteiger partial charge in [-0.15, -0.1) is 0 Å². The predicted octanol–water partition coefficient (Wildman–Crippen LogP) is 2.97. The van der Waals surface area contributed by atoms with Crippen molar-refractivity contribution in [2.45, 2.75) is 63.5 Å². The topological polar surface area (TPSA) is 129 Å². The summed E-state index contributed by atoms with van der Waals surface area (Å²) in [5.74, 6) is -2.21. The van der Waals surface area contributed by atoms with E-state index in [1.807, 2.05) is 0 Å². The molecule has 0 unspecified atom stereocenters. The molecule has 0 saturated heterocycles. The average molecular weight is 491 g/mol. The Kier molecular flexibility index (Phi) is 6.40. The van der Waals surface area contributed by atoms with Crippen LogP contribution in [0.25, 0.3) is 10.9 Å². The van der Waals surface area contributed by atoms with Gasteiger partial charge < -0.3 is 25.3 Å². The number of carboxylic acid groups (broad SMARTS) is 1. The third kappa shape index (κ3) is 4.92. The average Bonchev–Trinajstić information content (AvgIpc) is 3.16. The van der Waals surface area contributed by atoms with Crippen LogP contribution in [0.15, 0.2) is 41.2 Å². The van der Waals surface area contributed by atoms with E-state index in [0.29, 0.717) is 17.5 Å². The number of rotatable bonds is 7. The number of esters is 1. The van der Waals surface area contributed by atoms with Crippen LogP contribution in [0.1, 0.15) is 60.1 Å². The maximum Gasteiger partial charge on any atom is 0.322 e. The molecule has 1 aromatic heterocycles. The molecule has 0 amide bonds. The van der Waals surface area contributed by atoms with Crippen molar-refractivity contribution in [1.82, 2.24) is 10.3 Å². The summed E-state index contributed by atoms with van der Waals surface area (Å²) in [6, 6.07) is 10.8. The van der Waals surface area contributed by atoms with E-state index in [1.165, 1.54) is 47.2 Å². The Labute approximate surface area is 208 Å². The second-order valence-corrected chi connectivity index (χ2v) is 10.2. The number of aliphatic carboxylic acids is 1. The number of carbonyl (C=O) groups excluding carboxylic acids is 1. The number of aromatic nitrogens is 1. The summed E-state index contributed by atoms with van der Waals surface area (Å²) in [6.45, 7) is 2.48. The number of hydrogen-bond donors (Lipinski definition) is 4. The highest BCUT2D eigenvalue weighted by atomic mass is 16.5. The molecule has 1 atom stereocenters. The smallest absolute Gasteiger partial charge is 0.322 e. The summed E-state index contributed by atoms with van der Waals surface area (Å²) < 4.78 is 5.18. The predicted molar refractivity (Wildman–Crippen MR) is 134 cm³/mol. The lowest BCUT2D eigenvalue weighted by atomic mass is 9.89. The lowest BCUT2D eigenvalue weighted by Gasteiger charge is -2.27. The van der Waals surface area contributed by atoms with E-state index in [0.717, 1.165) is 25.7 Å². The van der Waals surface area contributed by atoms with E-state index in [9.17, 15) is 19.5 Å². The second kappa shape index (κ2) is 9.52. The van der Waals surface area contributed by atoms with Crippen molar-refractivity contribution in [3.8, 4) is 5.75 Å². The molecule has 2 aliphatic rings. The standard InChI is InChI=1S/C28H30N2O6/c1-28(13-18-10-16-4-2-3-5-17(16)11-19(18)14-28)29-15-22(31)20-6-8-23(36-26(35)12-25(33)34)27-21(20)7-9-24(32)30-27/h6-11,22,29,31H,2-5,12-15H2,1H3,(H,30,32)(H,33,34)/t22-/m0/s1. The summed E-state index contributed by atoms with van der Waals surface area (Å²) in [7, 11) is 0. The molecule has 0 aliphatic heterocycles. The van der Waals surface area contributed by atoms with Gasteiger partial charge in [-0.25, -0.2) is 0 Å². The van der Waals surface area contributed by atoms with Crippen molar-refractivity contribution < 1.29 is 24.5 Å². The summed E-state index contributed by atoms with van der Waals surface area (Å²) >= 11 is 0. The highest BCUT2D eigenvalue weighted by Crippen LogP contribution is 2.35. The summed E-state index contributed by atoms with van der Waals surface area (Å²) in [4.78, 5) is 37.3. The summed E-state index contributed by atoms with van der Waals surface area (Å²) in [5.41, 5.74) is 5.96. The number of nitrogens with one attached hydrogen (secondary N) is 2. The number of aromatic amines is 1. The van der Waals surface area contributed by atoms with E-state index >= 15 is 0 Å². The van der Waals surface area contributed by atoms with Crippen molar-refractivity contribution >= 4 is 22.8 Å². The number of H-pyrrole nitrogens is 1. The number of benzene rings is 2. The van der Waals surface area contributed by atoms with Crippen LogP contribution in [0.5, 0.6) is 5.75 Å². The van der Waals surface area contributed by atoms with Crippen LogP contribution in [-0.4, -0.2) is 39.2 Å². The molecule has 2 aromatic carbocycles. The van der Waals surface area contributed by atoms with Gasteiger partial charge in [0.2, 0.25) is 5.56 Å². The van der Waals surface area contributed by atoms with Gasteiger partial charge in [0.05, 0.1) is 11.6 Å². The number of fused-ring (bicyclic) bond motifs is 3. The van der Waals surface area contributed by atoms with Gasteiger partial charge in [-0.3, -0.25) is 14.4 Å². The van der Waals surface area contributed by atoms with Crippen LogP contribution in [0.4, 0.5) is 0 Å². The van der Waals surface area contributed by atoms with Gasteiger partial charge in [0.1, 0.15) is 6.42 Å². The Morgan fingerprint density at radius 1 is 1.06 bits per heavy atom. The van der Waals surface area contributed by atoms with Crippen LogP contribution in [0, 0.1) is 0 Å². The van der Waals surface area contributed by atoms with Gasteiger partial charge in [0, 0.05) is 23.5 Å². The number of ether oxygens (including phenoxy) is 1. The third-order valence-corrected chi connectivity index (χ3v) is 7.32. The Bertz CT molecular complexity index is 1370. The molecule has 0 radical (unpaired) electrons. The van der Waals surface area contributed by atoms with Crippen LogP contribution in [-0.2, 0) is 35.3 Å². The molecule has 2 aliphatic carbocycles. The van der Waals surface area contributed by atoms with E-state index in [4.69, 9.17) is 9.84 Å². The zero-order valence-corrected chi connectivity index (χ0v) is 20.2. The van der Waals surface area contributed by atoms with Gasteiger partial charge >= 0.3 is 11.9 Å². The molecule has 8 heteroatoms. The normalized spacial score (nSPS) is 16.8. The summed E-state index contributed by atoms with van der Waals surface area (Å²) in [5, 5.41) is 24.0. The second-order valence-electron chi connectivity index (χ2n) is 10.2. The minimum Gasteiger partial charge on any atom is -0.481 e. The van der Waals surface area contributed by atoms with Gasteiger partial charge in [-0.1, -0.05) is 18.2 Å². The molecule has 8 nitrogen and oxygen atoms in total. The quantitative estimate of drug-likeness (QED) is 0.228. The lowest BCUT2D eigenvalue weighted by molar-refractivity contribution is -0.145. The van der Waals surface area contributed by atoms with Crippen molar-refractivity contribution in [2.75, 3.05) is 6.54 Å². The molecule has 4 N–H and O–H groups in total. The first-order valence-electron chi connectivity index (χ1n) is 12.4. The van der Waals surface area contributed by atoms with E-state index < -0.39 is 30.0 Å². The number of hydrogen-bond acceptors (Lipinski definition) is 6. The Balaban J connectivity index is 1.33. The van der Waals surface area contributed by atoms with Gasteiger partial charge in [0.15, 0.2) is 5.75 Å². The largest absolute Gasteiger partial charge is 0.481 e. The molecule has 1 heterocycles. The number of aliphatic hydroxyl groups is 1. The fraction of sp³-hybridized carbons (Fsp3) is 0.393. The van der Waals surface area contributed by atoms with Crippen LogP contribution in [0.3, 0.4) is 0 Å². The summed E-state index contributed by atoms with van der Waals surface area (Å²) in [6.07, 6.45) is 4.94. The molecule has 188 valence electrons. The molecule has 5 rings (SSSR count). The molecular formula is C28H30N2O6. The highest BCUT2D eigenvalue weighted by molar-refractivity contribution is 5.94. The number of aliphatic hydroxyl groups excluding tert-OH is 1. The minimum absolute atomic E-state index is 0.0417. The first kappa shape index (κ1) is 24.2. The van der Waals surface area contributed by atoms with E-state index in [-0.39, 0.29) is 16.8 Å². The minimum atomic E-state index is -1.31. The Morgan fingerprint density at radius 3 is 2.36 bits per heavy atom. The molecular weight excluding hydrogens is 460 g/mol. The van der Waals surface area contributed by atoms with Crippen molar-refractivity contribution in [1.29, 1.82) is 0 Å². The molecule has 3 aromatic rings. The van der Waals surface area contributed by atoms with E-state index in [1.54, 1.807) is 12.1 Å². The number of pyridine rings is 1. The van der Waals surface area contributed by atoms with Gasteiger partial charge in [0.25, 0.3) is 0 Å². The first-order valence-corrected chi connectivity index (χ1v) is 12.4. The van der Waals surface area contributed by atoms with Crippen LogP contribution in [0.2, 0.25) is 0 Å². The monoisotopic (exact) mass is 490 g/mol. The molecule has 0 bridgehead atoms. The van der Waals surface area contributed by atoms with Gasteiger partial charge in [-0.2, -0.15) is 0 Å². The SMILES string of the molecule is CC1(NC[C@H](O)c2ccc(OC(=O)CC(=O)O)c3[nH]c(=O)ccc23)Cc2cc3c(cc2C1)CCCC3. The van der Waals surface area contributed by atoms with E-state index in [2.05, 4.69) is 29.4 Å². The van der Waals surface area contributed by atoms with Crippen LogP contribution >= 0.6 is 0 Å². The lowest BCUT2D eigenvalue weighted by Crippen LogP contribution is -2.45. The maximum atomic E-state index is 12.0. The number of aryl methyl sites for hydroxylation is 2. The number of carboxylic acids is 1. The Morgan fingerprint density at radius 2 is 1.72 bits per heavy atom. The number of carbonyl (C=O) groups is 2. The van der Waals surface area contributed by atoms with Crippen LogP contribution < -0.4 is 15.6 Å². The highest BCUT2D eigenvalue weighted by Gasteiger charge is 2.34. The molecule has 36 heavy (non-hydrogen) atoms. The molecule has 0 saturated carbocycles. The fourth-order valence-corrected chi connectivity index (χ4v) is 5.60. The third-order valence-electron chi connectivity index (χ3n) is 7.32. The van der Waals surface area contributed by atoms with Crippen molar-refractivity contribution in [2.24, 2.45) is 0 Å². The maximum absolute atomic E-state index is 12.0. The zero-order chi connectivity index (χ0) is 25.4. The zero-order valence-electron chi connectivity index (χ0n) is 20.2. The first-order chi connectivity index (χ1) is 17.2. The van der Waals surface area contributed by atoms with Crippen molar-refractivity contribution in [3.63, 3.8) is 0 Å². The number of β-amino-alcohol motifs (C(OH)–C–C–N with tert-alkyl or cyclic N) is 1. The Hall–Kier alpha value is -3.49. The fourth-order valence-electron chi connectivity index (χ4n) is 5.60. The van der Waals surface area contributed by atoms with Gasteiger partial charge in [-0.05, 0) is 85.4 Å². The molecule has 0 fully saturated rings. The van der Waals surface area contributed by atoms with Crippen molar-refractivity contribution in [3.05, 3.63) is 74.6 Å². The molecule has 0 spiro atoms.